The van der Waals surface area contributed by atoms with Gasteiger partial charge in [0, 0.05) is 6.20 Å². The molecule has 1 rings (SSSR count). The van der Waals surface area contributed by atoms with Crippen LogP contribution in [0, 0.1) is 0 Å². The molecule has 2 amide bonds. The Morgan fingerprint density at radius 1 is 1.44 bits per heavy atom. The van der Waals surface area contributed by atoms with E-state index >= 15 is 0 Å². The molecule has 16 heavy (non-hydrogen) atoms. The first-order valence-corrected chi connectivity index (χ1v) is 4.84. The molecule has 0 spiro atoms. The van der Waals surface area contributed by atoms with E-state index in [-0.39, 0.29) is 19.1 Å². The maximum atomic E-state index is 11.3. The predicted octanol–water partition coefficient (Wildman–Crippen LogP) is 0.766. The lowest BCUT2D eigenvalue weighted by Gasteiger charge is -2.05. The van der Waals surface area contributed by atoms with Gasteiger partial charge < -0.3 is 15.4 Å². The number of carbonyl (C=O) groups is 2. The van der Waals surface area contributed by atoms with Gasteiger partial charge in [0.2, 0.25) is 5.91 Å². The second-order valence-corrected chi connectivity index (χ2v) is 2.84. The molecule has 86 valence electrons. The van der Waals surface area contributed by atoms with Crippen LogP contribution in [-0.4, -0.2) is 30.1 Å². The van der Waals surface area contributed by atoms with Crippen LogP contribution in [0.25, 0.3) is 0 Å². The van der Waals surface area contributed by atoms with Gasteiger partial charge in [0.25, 0.3) is 0 Å². The van der Waals surface area contributed by atoms with Crippen LogP contribution in [0.5, 0.6) is 0 Å². The third kappa shape index (κ3) is 4.41. The minimum atomic E-state index is -0.612. The second kappa shape index (κ2) is 6.39. The van der Waals surface area contributed by atoms with Gasteiger partial charge in [-0.05, 0) is 19.1 Å². The number of nitrogens with one attached hydrogen (secondary N) is 2. The largest absolute Gasteiger partial charge is 0.450 e. The summed E-state index contributed by atoms with van der Waals surface area (Å²) in [5.41, 5.74) is 0. The number of alkyl carbamates (subject to hydrolysis) is 1. The summed E-state index contributed by atoms with van der Waals surface area (Å²) in [6.45, 7) is 1.82. The average Bonchev–Trinajstić information content (AvgIpc) is 2.28. The number of amides is 2. The Kier molecular flexibility index (Phi) is 4.78. The van der Waals surface area contributed by atoms with Crippen LogP contribution in [0.1, 0.15) is 6.92 Å². The number of aromatic nitrogens is 1. The third-order valence-electron chi connectivity index (χ3n) is 1.60. The molecule has 0 aliphatic rings. The van der Waals surface area contributed by atoms with Crippen LogP contribution < -0.4 is 10.6 Å². The zero-order chi connectivity index (χ0) is 11.8. The molecule has 2 N–H and O–H groups in total. The van der Waals surface area contributed by atoms with Crippen LogP contribution in [0.2, 0.25) is 0 Å². The monoisotopic (exact) mass is 223 g/mol. The normalized spacial score (nSPS) is 9.31. The Hall–Kier alpha value is -2.11. The highest BCUT2D eigenvalue weighted by atomic mass is 16.5. The topological polar surface area (TPSA) is 80.3 Å². The van der Waals surface area contributed by atoms with E-state index in [0.717, 1.165) is 0 Å². The molecular formula is C10H13N3O3. The summed E-state index contributed by atoms with van der Waals surface area (Å²) in [4.78, 5) is 26.1. The van der Waals surface area contributed by atoms with Crippen LogP contribution in [0.15, 0.2) is 24.4 Å². The molecule has 0 radical (unpaired) electrons. The fraction of sp³-hybridized carbons (Fsp3) is 0.300. The van der Waals surface area contributed by atoms with Crippen molar-refractivity contribution in [1.29, 1.82) is 0 Å². The molecule has 6 heteroatoms. The number of rotatable bonds is 4. The van der Waals surface area contributed by atoms with Gasteiger partial charge in [-0.25, -0.2) is 9.78 Å². The molecule has 1 aromatic heterocycles. The van der Waals surface area contributed by atoms with Crippen LogP contribution >= 0.6 is 0 Å². The van der Waals surface area contributed by atoms with Gasteiger partial charge in [-0.3, -0.25) is 4.79 Å². The summed E-state index contributed by atoms with van der Waals surface area (Å²) in [6.07, 6.45) is 0.952. The van der Waals surface area contributed by atoms with Crippen molar-refractivity contribution < 1.29 is 14.3 Å². The molecule has 1 aromatic rings. The molecule has 6 nitrogen and oxygen atoms in total. The number of anilines is 1. The second-order valence-electron chi connectivity index (χ2n) is 2.84. The molecule has 0 aromatic carbocycles. The lowest BCUT2D eigenvalue weighted by Crippen LogP contribution is -2.33. The molecule has 0 unspecified atom stereocenters. The Morgan fingerprint density at radius 3 is 2.88 bits per heavy atom. The van der Waals surface area contributed by atoms with Crippen molar-refractivity contribution in [3.63, 3.8) is 0 Å². The Balaban J connectivity index is 2.29. The Labute approximate surface area is 93.0 Å². The number of hydrogen-bond acceptors (Lipinski definition) is 4. The molecule has 0 aliphatic heterocycles. The van der Waals surface area contributed by atoms with Gasteiger partial charge >= 0.3 is 6.09 Å². The van der Waals surface area contributed by atoms with E-state index in [2.05, 4.69) is 20.4 Å². The standard InChI is InChI=1S/C10H13N3O3/c1-2-16-10(15)12-7-9(14)13-8-5-3-4-6-11-8/h3-6H,2,7H2,1H3,(H,12,15)(H,11,13,14). The average molecular weight is 223 g/mol. The number of ether oxygens (including phenoxy) is 1. The van der Waals surface area contributed by atoms with Crippen LogP contribution in [-0.2, 0) is 9.53 Å². The lowest BCUT2D eigenvalue weighted by atomic mass is 10.4. The van der Waals surface area contributed by atoms with E-state index in [4.69, 9.17) is 0 Å². The highest BCUT2D eigenvalue weighted by Crippen LogP contribution is 1.98. The van der Waals surface area contributed by atoms with Gasteiger partial charge in [-0.1, -0.05) is 6.07 Å². The fourth-order valence-electron chi connectivity index (χ4n) is 0.958. The molecule has 0 saturated carbocycles. The summed E-state index contributed by atoms with van der Waals surface area (Å²) < 4.78 is 4.60. The minimum Gasteiger partial charge on any atom is -0.450 e. The Morgan fingerprint density at radius 2 is 2.25 bits per heavy atom. The fourth-order valence-corrected chi connectivity index (χ4v) is 0.958. The van der Waals surface area contributed by atoms with Crippen molar-refractivity contribution in [2.75, 3.05) is 18.5 Å². The molecule has 0 saturated heterocycles. The number of nitrogens with zero attached hydrogens (tertiary/aromatic N) is 1. The SMILES string of the molecule is CCOC(=O)NCC(=O)Nc1ccccn1. The maximum Gasteiger partial charge on any atom is 0.407 e. The van der Waals surface area contributed by atoms with Crippen LogP contribution in [0.4, 0.5) is 10.6 Å². The highest BCUT2D eigenvalue weighted by molar-refractivity contribution is 5.92. The van der Waals surface area contributed by atoms with E-state index in [1.165, 1.54) is 0 Å². The number of carbonyl (C=O) groups excluding carboxylic acids is 2. The first-order valence-electron chi connectivity index (χ1n) is 4.84. The third-order valence-corrected chi connectivity index (χ3v) is 1.60. The van der Waals surface area contributed by atoms with Crippen molar-refractivity contribution in [3.05, 3.63) is 24.4 Å². The predicted molar refractivity (Wildman–Crippen MR) is 57.9 cm³/mol. The lowest BCUT2D eigenvalue weighted by molar-refractivity contribution is -0.115. The molecule has 0 fully saturated rings. The zero-order valence-corrected chi connectivity index (χ0v) is 8.90. The molecule has 0 bridgehead atoms. The first-order chi connectivity index (χ1) is 7.72. The van der Waals surface area contributed by atoms with Gasteiger partial charge in [0.05, 0.1) is 6.61 Å². The molecule has 0 atom stereocenters. The van der Waals surface area contributed by atoms with Crippen molar-refractivity contribution >= 4 is 17.8 Å². The van der Waals surface area contributed by atoms with Crippen molar-refractivity contribution in [1.82, 2.24) is 10.3 Å². The summed E-state index contributed by atoms with van der Waals surface area (Å²) in [5.74, 6) is 0.0879. The quantitative estimate of drug-likeness (QED) is 0.789. The van der Waals surface area contributed by atoms with E-state index in [1.807, 2.05) is 0 Å². The first kappa shape index (κ1) is 12.0. The number of hydrogen-bond donors (Lipinski definition) is 2. The van der Waals surface area contributed by atoms with E-state index in [1.54, 1.807) is 31.3 Å². The maximum absolute atomic E-state index is 11.3. The van der Waals surface area contributed by atoms with E-state index < -0.39 is 6.09 Å². The summed E-state index contributed by atoms with van der Waals surface area (Å²) >= 11 is 0. The Bertz CT molecular complexity index is 354. The van der Waals surface area contributed by atoms with Gasteiger partial charge in [-0.2, -0.15) is 0 Å². The van der Waals surface area contributed by atoms with E-state index in [9.17, 15) is 9.59 Å². The molecule has 0 aliphatic carbocycles. The molecule has 1 heterocycles. The van der Waals surface area contributed by atoms with Gasteiger partial charge in [-0.15, -0.1) is 0 Å². The van der Waals surface area contributed by atoms with Crippen molar-refractivity contribution in [3.8, 4) is 0 Å². The zero-order valence-electron chi connectivity index (χ0n) is 8.90. The van der Waals surface area contributed by atoms with Crippen molar-refractivity contribution in [2.24, 2.45) is 0 Å². The van der Waals surface area contributed by atoms with E-state index in [0.29, 0.717) is 5.82 Å². The van der Waals surface area contributed by atoms with Gasteiger partial charge in [0.1, 0.15) is 12.4 Å². The van der Waals surface area contributed by atoms with Crippen molar-refractivity contribution in [2.45, 2.75) is 6.92 Å². The summed E-state index contributed by atoms with van der Waals surface area (Å²) in [6, 6.07) is 5.15. The number of pyridine rings is 1. The minimum absolute atomic E-state index is 0.143. The van der Waals surface area contributed by atoms with Gasteiger partial charge in [0.15, 0.2) is 0 Å². The highest BCUT2D eigenvalue weighted by Gasteiger charge is 2.05. The van der Waals surface area contributed by atoms with Crippen LogP contribution in [0.3, 0.4) is 0 Å². The smallest absolute Gasteiger partial charge is 0.407 e. The summed E-state index contributed by atoms with van der Waals surface area (Å²) in [7, 11) is 0. The summed E-state index contributed by atoms with van der Waals surface area (Å²) in [5, 5.41) is 4.82. The molecular weight excluding hydrogens is 210 g/mol.